The van der Waals surface area contributed by atoms with Gasteiger partial charge in [0, 0.05) is 37.9 Å². The van der Waals surface area contributed by atoms with Crippen molar-refractivity contribution in [2.45, 2.75) is 26.4 Å². The number of fused-ring (bicyclic) bond motifs is 1. The highest BCUT2D eigenvalue weighted by Crippen LogP contribution is 2.20. The summed E-state index contributed by atoms with van der Waals surface area (Å²) >= 11 is 0. The SMILES string of the molecule is CC(C)NC(=O)N1CCN(C)c2ncccc2C1. The summed E-state index contributed by atoms with van der Waals surface area (Å²) in [5.74, 6) is 0.970. The Balaban J connectivity index is 2.17. The first-order valence-corrected chi connectivity index (χ1v) is 6.28. The normalized spacial score (nSPS) is 15.3. The zero-order chi connectivity index (χ0) is 13.1. The molecule has 18 heavy (non-hydrogen) atoms. The van der Waals surface area contributed by atoms with E-state index in [4.69, 9.17) is 0 Å². The Morgan fingerprint density at radius 3 is 2.94 bits per heavy atom. The molecule has 0 spiro atoms. The average Bonchev–Trinajstić information content (AvgIpc) is 2.49. The second-order valence-electron chi connectivity index (χ2n) is 4.93. The molecule has 0 saturated heterocycles. The monoisotopic (exact) mass is 248 g/mol. The lowest BCUT2D eigenvalue weighted by atomic mass is 10.2. The quantitative estimate of drug-likeness (QED) is 0.818. The number of anilines is 1. The molecule has 0 bridgehead atoms. The van der Waals surface area contributed by atoms with Crippen LogP contribution in [0.1, 0.15) is 19.4 Å². The number of nitrogens with one attached hydrogen (secondary N) is 1. The number of carbonyl (C=O) groups is 1. The molecule has 2 amide bonds. The van der Waals surface area contributed by atoms with Crippen LogP contribution in [0.4, 0.5) is 10.6 Å². The van der Waals surface area contributed by atoms with Crippen LogP contribution < -0.4 is 10.2 Å². The van der Waals surface area contributed by atoms with E-state index in [1.807, 2.05) is 37.9 Å². The van der Waals surface area contributed by atoms with Crippen LogP contribution in [-0.2, 0) is 6.54 Å². The minimum Gasteiger partial charge on any atom is -0.358 e. The number of hydrogen-bond donors (Lipinski definition) is 1. The summed E-state index contributed by atoms with van der Waals surface area (Å²) in [5.41, 5.74) is 1.09. The molecule has 98 valence electrons. The molecule has 0 saturated carbocycles. The van der Waals surface area contributed by atoms with Crippen molar-refractivity contribution in [2.75, 3.05) is 25.0 Å². The summed E-state index contributed by atoms with van der Waals surface area (Å²) in [6.07, 6.45) is 1.79. The van der Waals surface area contributed by atoms with Crippen LogP contribution in [0.3, 0.4) is 0 Å². The number of hydrogen-bond acceptors (Lipinski definition) is 3. The third kappa shape index (κ3) is 2.72. The van der Waals surface area contributed by atoms with Gasteiger partial charge >= 0.3 is 6.03 Å². The fourth-order valence-electron chi connectivity index (χ4n) is 2.07. The molecule has 0 unspecified atom stereocenters. The molecule has 1 aromatic rings. The molecule has 2 rings (SSSR count). The van der Waals surface area contributed by atoms with Gasteiger partial charge in [-0.25, -0.2) is 9.78 Å². The molecule has 5 heteroatoms. The fourth-order valence-corrected chi connectivity index (χ4v) is 2.07. The molecule has 5 nitrogen and oxygen atoms in total. The van der Waals surface area contributed by atoms with E-state index in [-0.39, 0.29) is 12.1 Å². The van der Waals surface area contributed by atoms with Crippen LogP contribution in [0.15, 0.2) is 18.3 Å². The van der Waals surface area contributed by atoms with Gasteiger partial charge < -0.3 is 15.1 Å². The Morgan fingerprint density at radius 1 is 1.44 bits per heavy atom. The Labute approximate surface area is 108 Å². The van der Waals surface area contributed by atoms with E-state index < -0.39 is 0 Å². The number of pyridine rings is 1. The van der Waals surface area contributed by atoms with Gasteiger partial charge in [0.25, 0.3) is 0 Å². The lowest BCUT2D eigenvalue weighted by Gasteiger charge is -2.22. The molecule has 1 aliphatic rings. The fraction of sp³-hybridized carbons (Fsp3) is 0.538. The largest absolute Gasteiger partial charge is 0.358 e. The van der Waals surface area contributed by atoms with Gasteiger partial charge in [-0.1, -0.05) is 6.07 Å². The topological polar surface area (TPSA) is 48.5 Å². The number of likely N-dealkylation sites (N-methyl/N-ethyl adjacent to an activating group) is 1. The molecule has 1 aliphatic heterocycles. The zero-order valence-corrected chi connectivity index (χ0v) is 11.2. The van der Waals surface area contributed by atoms with E-state index in [1.165, 1.54) is 0 Å². The number of nitrogens with zero attached hydrogens (tertiary/aromatic N) is 3. The van der Waals surface area contributed by atoms with Crippen molar-refractivity contribution < 1.29 is 4.79 Å². The molecular weight excluding hydrogens is 228 g/mol. The summed E-state index contributed by atoms with van der Waals surface area (Å²) in [5, 5.41) is 2.93. The van der Waals surface area contributed by atoms with Crippen LogP contribution in [0.5, 0.6) is 0 Å². The smallest absolute Gasteiger partial charge is 0.317 e. The Bertz CT molecular complexity index is 433. The minimum absolute atomic E-state index is 0.00453. The lowest BCUT2D eigenvalue weighted by molar-refractivity contribution is 0.195. The van der Waals surface area contributed by atoms with E-state index in [2.05, 4.69) is 15.2 Å². The van der Waals surface area contributed by atoms with Crippen LogP contribution >= 0.6 is 0 Å². The summed E-state index contributed by atoms with van der Waals surface area (Å²) in [4.78, 5) is 20.4. The van der Waals surface area contributed by atoms with Gasteiger partial charge in [-0.05, 0) is 19.9 Å². The van der Waals surface area contributed by atoms with Crippen molar-refractivity contribution in [3.05, 3.63) is 23.9 Å². The maximum atomic E-state index is 12.1. The van der Waals surface area contributed by atoms with E-state index in [0.717, 1.165) is 17.9 Å². The molecule has 0 aromatic carbocycles. The minimum atomic E-state index is -0.00453. The van der Waals surface area contributed by atoms with Gasteiger partial charge in [-0.3, -0.25) is 0 Å². The second-order valence-corrected chi connectivity index (χ2v) is 4.93. The van der Waals surface area contributed by atoms with Crippen LogP contribution in [0, 0.1) is 0 Å². The zero-order valence-electron chi connectivity index (χ0n) is 11.2. The summed E-state index contributed by atoms with van der Waals surface area (Å²) in [6.45, 7) is 6.07. The molecule has 0 fully saturated rings. The van der Waals surface area contributed by atoms with Crippen LogP contribution in [0.25, 0.3) is 0 Å². The first-order valence-electron chi connectivity index (χ1n) is 6.28. The lowest BCUT2D eigenvalue weighted by Crippen LogP contribution is -2.44. The molecule has 2 heterocycles. The standard InChI is InChI=1S/C13H20N4O/c1-10(2)15-13(18)17-8-7-16(3)12-11(9-17)5-4-6-14-12/h4-6,10H,7-9H2,1-3H3,(H,15,18). The number of carbonyl (C=O) groups excluding carboxylic acids is 1. The van der Waals surface area contributed by atoms with Crippen molar-refractivity contribution >= 4 is 11.8 Å². The molecule has 0 radical (unpaired) electrons. The first-order chi connectivity index (χ1) is 8.58. The average molecular weight is 248 g/mol. The van der Waals surface area contributed by atoms with Gasteiger partial charge in [0.2, 0.25) is 0 Å². The van der Waals surface area contributed by atoms with Crippen molar-refractivity contribution in [1.82, 2.24) is 15.2 Å². The van der Waals surface area contributed by atoms with Gasteiger partial charge in [0.05, 0.1) is 6.54 Å². The molecule has 0 atom stereocenters. The summed E-state index contributed by atoms with van der Waals surface area (Å²) in [6, 6.07) is 4.10. The van der Waals surface area contributed by atoms with Gasteiger partial charge in [0.15, 0.2) is 0 Å². The third-order valence-electron chi connectivity index (χ3n) is 2.99. The number of rotatable bonds is 1. The van der Waals surface area contributed by atoms with Gasteiger partial charge in [0.1, 0.15) is 5.82 Å². The Kier molecular flexibility index (Phi) is 3.69. The van der Waals surface area contributed by atoms with Crippen molar-refractivity contribution in [3.63, 3.8) is 0 Å². The number of aromatic nitrogens is 1. The van der Waals surface area contributed by atoms with E-state index in [0.29, 0.717) is 13.1 Å². The van der Waals surface area contributed by atoms with Crippen molar-refractivity contribution in [2.24, 2.45) is 0 Å². The van der Waals surface area contributed by atoms with Crippen molar-refractivity contribution in [3.8, 4) is 0 Å². The molecule has 1 N–H and O–H groups in total. The predicted octanol–water partition coefficient (Wildman–Crippen LogP) is 1.45. The maximum Gasteiger partial charge on any atom is 0.317 e. The van der Waals surface area contributed by atoms with E-state index in [1.54, 1.807) is 6.20 Å². The number of urea groups is 1. The summed E-state index contributed by atoms with van der Waals surface area (Å²) < 4.78 is 0. The maximum absolute atomic E-state index is 12.1. The van der Waals surface area contributed by atoms with E-state index in [9.17, 15) is 4.79 Å². The third-order valence-corrected chi connectivity index (χ3v) is 2.99. The second kappa shape index (κ2) is 5.25. The highest BCUT2D eigenvalue weighted by atomic mass is 16.2. The summed E-state index contributed by atoms with van der Waals surface area (Å²) in [7, 11) is 2.01. The van der Waals surface area contributed by atoms with Crippen molar-refractivity contribution in [1.29, 1.82) is 0 Å². The molecule has 1 aromatic heterocycles. The van der Waals surface area contributed by atoms with E-state index >= 15 is 0 Å². The van der Waals surface area contributed by atoms with Crippen LogP contribution in [0.2, 0.25) is 0 Å². The Morgan fingerprint density at radius 2 is 2.22 bits per heavy atom. The molecule has 0 aliphatic carbocycles. The molecular formula is C13H20N4O. The van der Waals surface area contributed by atoms with Gasteiger partial charge in [-0.2, -0.15) is 0 Å². The number of amides is 2. The highest BCUT2D eigenvalue weighted by molar-refractivity contribution is 5.75. The Hall–Kier alpha value is -1.78. The highest BCUT2D eigenvalue weighted by Gasteiger charge is 2.21. The van der Waals surface area contributed by atoms with Gasteiger partial charge in [-0.15, -0.1) is 0 Å². The first kappa shape index (κ1) is 12.7. The predicted molar refractivity (Wildman–Crippen MR) is 71.6 cm³/mol. The van der Waals surface area contributed by atoms with Crippen LogP contribution in [-0.4, -0.2) is 42.1 Å².